The second kappa shape index (κ2) is 6.52. The molecule has 3 N–H and O–H groups in total. The van der Waals surface area contributed by atoms with Crippen LogP contribution in [0.4, 0.5) is 0 Å². The highest BCUT2D eigenvalue weighted by molar-refractivity contribution is 5.96. The number of nitriles is 1. The lowest BCUT2D eigenvalue weighted by atomic mass is 10.1. The SMILES string of the molecule is CC(CC#N)COc1ncnc2[nH]cc(/C=C/C(N)=O)c12. The van der Waals surface area contributed by atoms with Gasteiger partial charge in [0.15, 0.2) is 0 Å². The van der Waals surface area contributed by atoms with Gasteiger partial charge >= 0.3 is 0 Å². The van der Waals surface area contributed by atoms with Gasteiger partial charge in [0.05, 0.1) is 18.1 Å². The number of ether oxygens (including phenoxy) is 1. The Morgan fingerprint density at radius 2 is 2.43 bits per heavy atom. The van der Waals surface area contributed by atoms with Crippen LogP contribution in [0, 0.1) is 17.2 Å². The molecule has 0 bridgehead atoms. The minimum Gasteiger partial charge on any atom is -0.477 e. The summed E-state index contributed by atoms with van der Waals surface area (Å²) in [5.41, 5.74) is 6.42. The van der Waals surface area contributed by atoms with Crippen molar-refractivity contribution in [2.24, 2.45) is 11.7 Å². The zero-order valence-corrected chi connectivity index (χ0v) is 11.5. The molecular weight excluding hydrogens is 270 g/mol. The summed E-state index contributed by atoms with van der Waals surface area (Å²) in [5, 5.41) is 9.33. The Balaban J connectivity index is 2.29. The Morgan fingerprint density at radius 3 is 3.14 bits per heavy atom. The average molecular weight is 285 g/mol. The van der Waals surface area contributed by atoms with Crippen LogP contribution in [0.2, 0.25) is 0 Å². The zero-order valence-electron chi connectivity index (χ0n) is 11.5. The molecule has 108 valence electrons. The maximum Gasteiger partial charge on any atom is 0.241 e. The standard InChI is InChI=1S/C14H15N5O2/c1-9(4-5-15)7-21-14-12-10(2-3-11(16)20)6-17-13(12)18-8-19-14/h2-3,6,8-9H,4,7H2,1H3,(H2,16,20)(H,17,18,19)/b3-2+. The van der Waals surface area contributed by atoms with E-state index in [-0.39, 0.29) is 5.92 Å². The third-order valence-electron chi connectivity index (χ3n) is 2.84. The molecule has 0 saturated heterocycles. The molecule has 0 aliphatic carbocycles. The second-order valence-corrected chi connectivity index (χ2v) is 4.66. The van der Waals surface area contributed by atoms with Gasteiger partial charge in [-0.15, -0.1) is 0 Å². The summed E-state index contributed by atoms with van der Waals surface area (Å²) in [4.78, 5) is 22.0. The van der Waals surface area contributed by atoms with E-state index < -0.39 is 5.91 Å². The summed E-state index contributed by atoms with van der Waals surface area (Å²) in [7, 11) is 0. The van der Waals surface area contributed by atoms with Gasteiger partial charge in [0, 0.05) is 30.2 Å². The van der Waals surface area contributed by atoms with E-state index >= 15 is 0 Å². The summed E-state index contributed by atoms with van der Waals surface area (Å²) in [5.74, 6) is -0.0231. The van der Waals surface area contributed by atoms with Crippen molar-refractivity contribution in [1.82, 2.24) is 15.0 Å². The van der Waals surface area contributed by atoms with Crippen LogP contribution >= 0.6 is 0 Å². The first-order valence-corrected chi connectivity index (χ1v) is 6.41. The number of H-pyrrole nitrogens is 1. The van der Waals surface area contributed by atoms with Crippen molar-refractivity contribution in [3.8, 4) is 11.9 Å². The lowest BCUT2D eigenvalue weighted by Gasteiger charge is -2.10. The summed E-state index contributed by atoms with van der Waals surface area (Å²) in [6, 6.07) is 2.10. The Kier molecular flexibility index (Phi) is 4.51. The Bertz CT molecular complexity index is 714. The van der Waals surface area contributed by atoms with Gasteiger partial charge in [-0.2, -0.15) is 5.26 Å². The molecule has 0 spiro atoms. The molecule has 2 heterocycles. The molecule has 7 nitrogen and oxygen atoms in total. The second-order valence-electron chi connectivity index (χ2n) is 4.66. The molecule has 7 heteroatoms. The fraction of sp³-hybridized carbons (Fsp3) is 0.286. The van der Waals surface area contributed by atoms with E-state index in [9.17, 15) is 4.79 Å². The summed E-state index contributed by atoms with van der Waals surface area (Å²) < 4.78 is 5.67. The molecule has 21 heavy (non-hydrogen) atoms. The summed E-state index contributed by atoms with van der Waals surface area (Å²) in [6.07, 6.45) is 6.35. The van der Waals surface area contributed by atoms with E-state index in [4.69, 9.17) is 15.7 Å². The predicted molar refractivity (Wildman–Crippen MR) is 77.0 cm³/mol. The van der Waals surface area contributed by atoms with Crippen molar-refractivity contribution in [3.63, 3.8) is 0 Å². The molecule has 0 aliphatic rings. The maximum atomic E-state index is 10.8. The van der Waals surface area contributed by atoms with Gasteiger partial charge in [-0.25, -0.2) is 9.97 Å². The van der Waals surface area contributed by atoms with E-state index in [2.05, 4.69) is 21.0 Å². The molecule has 2 aromatic rings. The normalized spacial score (nSPS) is 12.4. The number of rotatable bonds is 6. The van der Waals surface area contributed by atoms with E-state index in [0.29, 0.717) is 35.5 Å². The molecule has 2 rings (SSSR count). The fourth-order valence-corrected chi connectivity index (χ4v) is 1.81. The minimum absolute atomic E-state index is 0.101. The largest absolute Gasteiger partial charge is 0.477 e. The molecule has 1 unspecified atom stereocenters. The lowest BCUT2D eigenvalue weighted by Crippen LogP contribution is -2.09. The molecule has 0 fully saturated rings. The number of primary amides is 1. The quantitative estimate of drug-likeness (QED) is 0.777. The molecule has 0 aromatic carbocycles. The maximum absolute atomic E-state index is 10.8. The smallest absolute Gasteiger partial charge is 0.241 e. The number of hydrogen-bond acceptors (Lipinski definition) is 5. The highest BCUT2D eigenvalue weighted by Gasteiger charge is 2.12. The van der Waals surface area contributed by atoms with Crippen LogP contribution in [0.15, 0.2) is 18.6 Å². The van der Waals surface area contributed by atoms with Crippen LogP contribution in [0.3, 0.4) is 0 Å². The Labute approximate surface area is 121 Å². The first-order valence-electron chi connectivity index (χ1n) is 6.41. The van der Waals surface area contributed by atoms with Crippen LogP contribution in [0.1, 0.15) is 18.9 Å². The summed E-state index contributed by atoms with van der Waals surface area (Å²) >= 11 is 0. The molecular formula is C14H15N5O2. The van der Waals surface area contributed by atoms with Crippen LogP contribution in [0.5, 0.6) is 5.88 Å². The van der Waals surface area contributed by atoms with Crippen molar-refractivity contribution in [2.75, 3.05) is 6.61 Å². The first-order chi connectivity index (χ1) is 10.1. The molecule has 1 atom stereocenters. The van der Waals surface area contributed by atoms with Gasteiger partial charge in [0.2, 0.25) is 11.8 Å². The predicted octanol–water partition coefficient (Wildman–Crippen LogP) is 1.38. The Hall–Kier alpha value is -2.88. The van der Waals surface area contributed by atoms with Crippen molar-refractivity contribution in [2.45, 2.75) is 13.3 Å². The number of nitrogens with one attached hydrogen (secondary N) is 1. The van der Waals surface area contributed by atoms with Gasteiger partial charge in [0.25, 0.3) is 0 Å². The molecule has 1 amide bonds. The highest BCUT2D eigenvalue weighted by Crippen LogP contribution is 2.26. The molecule has 2 aromatic heterocycles. The third kappa shape index (κ3) is 3.57. The number of nitrogens with zero attached hydrogens (tertiary/aromatic N) is 3. The number of hydrogen-bond donors (Lipinski definition) is 2. The fourth-order valence-electron chi connectivity index (χ4n) is 1.81. The monoisotopic (exact) mass is 285 g/mol. The van der Waals surface area contributed by atoms with Crippen LogP contribution in [0.25, 0.3) is 17.1 Å². The number of amides is 1. The van der Waals surface area contributed by atoms with E-state index in [1.54, 1.807) is 12.3 Å². The van der Waals surface area contributed by atoms with Gasteiger partial charge < -0.3 is 15.5 Å². The van der Waals surface area contributed by atoms with E-state index in [1.807, 2.05) is 6.92 Å². The van der Waals surface area contributed by atoms with Crippen LogP contribution in [-0.2, 0) is 4.79 Å². The topological polar surface area (TPSA) is 118 Å². The van der Waals surface area contributed by atoms with E-state index in [1.165, 1.54) is 12.4 Å². The lowest BCUT2D eigenvalue weighted by molar-refractivity contribution is -0.113. The van der Waals surface area contributed by atoms with Crippen LogP contribution < -0.4 is 10.5 Å². The average Bonchev–Trinajstić information content (AvgIpc) is 2.87. The first kappa shape index (κ1) is 14.5. The molecule has 0 aliphatic heterocycles. The van der Waals surface area contributed by atoms with E-state index in [0.717, 1.165) is 0 Å². The van der Waals surface area contributed by atoms with Crippen molar-refractivity contribution < 1.29 is 9.53 Å². The third-order valence-corrected chi connectivity index (χ3v) is 2.84. The zero-order chi connectivity index (χ0) is 15.2. The minimum atomic E-state index is -0.536. The Morgan fingerprint density at radius 1 is 1.62 bits per heavy atom. The van der Waals surface area contributed by atoms with Gasteiger partial charge in [-0.1, -0.05) is 6.92 Å². The van der Waals surface area contributed by atoms with Crippen molar-refractivity contribution in [3.05, 3.63) is 24.2 Å². The number of carbonyl (C=O) groups is 1. The number of nitrogens with two attached hydrogens (primary N) is 1. The number of carbonyl (C=O) groups excluding carboxylic acids is 1. The number of aromatic nitrogens is 3. The molecule has 0 radical (unpaired) electrons. The number of aromatic amines is 1. The molecule has 0 saturated carbocycles. The van der Waals surface area contributed by atoms with Gasteiger partial charge in [-0.3, -0.25) is 4.79 Å². The van der Waals surface area contributed by atoms with Gasteiger partial charge in [0.1, 0.15) is 12.0 Å². The van der Waals surface area contributed by atoms with Crippen molar-refractivity contribution in [1.29, 1.82) is 5.26 Å². The van der Waals surface area contributed by atoms with Gasteiger partial charge in [-0.05, 0) is 6.08 Å². The van der Waals surface area contributed by atoms with Crippen molar-refractivity contribution >= 4 is 23.0 Å². The highest BCUT2D eigenvalue weighted by atomic mass is 16.5. The van der Waals surface area contributed by atoms with Crippen LogP contribution in [-0.4, -0.2) is 27.5 Å². The number of fused-ring (bicyclic) bond motifs is 1. The summed E-state index contributed by atoms with van der Waals surface area (Å²) in [6.45, 7) is 2.30.